The van der Waals surface area contributed by atoms with Gasteiger partial charge in [0.25, 0.3) is 0 Å². The third kappa shape index (κ3) is 2.40. The fourth-order valence-electron chi connectivity index (χ4n) is 2.95. The van der Waals surface area contributed by atoms with Gasteiger partial charge in [0.15, 0.2) is 0 Å². The van der Waals surface area contributed by atoms with Crippen LogP contribution in [0, 0.1) is 11.3 Å². The van der Waals surface area contributed by atoms with Gasteiger partial charge in [-0.1, -0.05) is 63.2 Å². The van der Waals surface area contributed by atoms with Gasteiger partial charge in [-0.3, -0.25) is 4.99 Å². The van der Waals surface area contributed by atoms with Crippen molar-refractivity contribution in [3.8, 4) is 0 Å². The number of benzene rings is 2. The quantitative estimate of drug-likeness (QED) is 0.684. The van der Waals surface area contributed by atoms with Crippen molar-refractivity contribution in [2.45, 2.75) is 27.2 Å². The lowest BCUT2D eigenvalue weighted by Crippen LogP contribution is -2.26. The Morgan fingerprint density at radius 3 is 2.25 bits per heavy atom. The van der Waals surface area contributed by atoms with Crippen molar-refractivity contribution in [2.24, 2.45) is 16.3 Å². The summed E-state index contributed by atoms with van der Waals surface area (Å²) in [7, 11) is 0. The fourth-order valence-corrected chi connectivity index (χ4v) is 2.95. The summed E-state index contributed by atoms with van der Waals surface area (Å²) < 4.78 is 0. The molecule has 0 spiro atoms. The molecule has 20 heavy (non-hydrogen) atoms. The van der Waals surface area contributed by atoms with E-state index in [1.165, 1.54) is 16.8 Å². The van der Waals surface area contributed by atoms with Crippen LogP contribution in [0.3, 0.4) is 0 Å². The van der Waals surface area contributed by atoms with E-state index < -0.39 is 0 Å². The number of nitrogens with zero attached hydrogens (tertiary/aromatic N) is 1. The first-order chi connectivity index (χ1) is 9.55. The van der Waals surface area contributed by atoms with Gasteiger partial charge >= 0.3 is 0 Å². The summed E-state index contributed by atoms with van der Waals surface area (Å²) in [5.41, 5.74) is 5.29. The molecule has 0 aromatic heterocycles. The summed E-state index contributed by atoms with van der Waals surface area (Å²) in [6, 6.07) is 19.0. The van der Waals surface area contributed by atoms with E-state index in [-0.39, 0.29) is 5.41 Å². The van der Waals surface area contributed by atoms with Gasteiger partial charge < -0.3 is 0 Å². The zero-order valence-corrected chi connectivity index (χ0v) is 12.4. The second-order valence-electron chi connectivity index (χ2n) is 6.61. The van der Waals surface area contributed by atoms with Crippen LogP contribution in [0.4, 0.5) is 5.69 Å². The highest BCUT2D eigenvalue weighted by molar-refractivity contribution is 6.07. The van der Waals surface area contributed by atoms with Gasteiger partial charge in [-0.05, 0) is 35.1 Å². The minimum atomic E-state index is 0.229. The Balaban J connectivity index is 2.11. The van der Waals surface area contributed by atoms with E-state index in [1.54, 1.807) is 0 Å². The van der Waals surface area contributed by atoms with Crippen LogP contribution >= 0.6 is 0 Å². The van der Waals surface area contributed by atoms with Gasteiger partial charge in [0, 0.05) is 5.92 Å². The van der Waals surface area contributed by atoms with E-state index in [2.05, 4.69) is 57.2 Å². The molecule has 2 aromatic rings. The average Bonchev–Trinajstić information content (AvgIpc) is 2.79. The highest BCUT2D eigenvalue weighted by atomic mass is 14.8. The lowest BCUT2D eigenvalue weighted by molar-refractivity contribution is 0.318. The zero-order chi connectivity index (χ0) is 14.2. The molecule has 0 saturated heterocycles. The first-order valence-electron chi connectivity index (χ1n) is 7.27. The molecule has 1 heteroatoms. The molecule has 0 fully saturated rings. The van der Waals surface area contributed by atoms with Crippen molar-refractivity contribution in [2.75, 3.05) is 0 Å². The van der Waals surface area contributed by atoms with Crippen LogP contribution in [0.2, 0.25) is 0 Å². The monoisotopic (exact) mass is 263 g/mol. The van der Waals surface area contributed by atoms with Gasteiger partial charge in [-0.15, -0.1) is 0 Å². The predicted octanol–water partition coefficient (Wildman–Crippen LogP) is 5.03. The number of rotatable bonds is 1. The van der Waals surface area contributed by atoms with Gasteiger partial charge in [0.1, 0.15) is 0 Å². The number of para-hydroxylation sites is 1. The highest BCUT2D eigenvalue weighted by Crippen LogP contribution is 2.39. The van der Waals surface area contributed by atoms with Crippen molar-refractivity contribution in [1.82, 2.24) is 0 Å². The van der Waals surface area contributed by atoms with Gasteiger partial charge in [-0.25, -0.2) is 0 Å². The molecular formula is C19H21N. The summed E-state index contributed by atoms with van der Waals surface area (Å²) in [5, 5.41) is 0. The molecule has 0 N–H and O–H groups in total. The number of fused-ring (bicyclic) bond motifs is 1. The van der Waals surface area contributed by atoms with E-state index in [4.69, 9.17) is 4.99 Å². The topological polar surface area (TPSA) is 12.4 Å². The van der Waals surface area contributed by atoms with Crippen LogP contribution in [-0.2, 0) is 6.42 Å². The van der Waals surface area contributed by atoms with Crippen LogP contribution in [0.25, 0.3) is 0 Å². The zero-order valence-electron chi connectivity index (χ0n) is 12.4. The van der Waals surface area contributed by atoms with E-state index in [1.807, 2.05) is 18.2 Å². The Hall–Kier alpha value is -1.89. The first kappa shape index (κ1) is 13.1. The van der Waals surface area contributed by atoms with Gasteiger partial charge in [0.05, 0.1) is 11.4 Å². The molecule has 0 radical (unpaired) electrons. The van der Waals surface area contributed by atoms with Crippen molar-refractivity contribution < 1.29 is 0 Å². The van der Waals surface area contributed by atoms with Crippen LogP contribution in [0.15, 0.2) is 59.6 Å². The summed E-state index contributed by atoms with van der Waals surface area (Å²) in [6.07, 6.45) is 1.10. The summed E-state index contributed by atoms with van der Waals surface area (Å²) in [6.45, 7) is 6.93. The van der Waals surface area contributed by atoms with Crippen LogP contribution in [0.1, 0.15) is 31.9 Å². The molecule has 3 rings (SSSR count). The second kappa shape index (κ2) is 4.90. The summed E-state index contributed by atoms with van der Waals surface area (Å²) in [4.78, 5) is 4.96. The van der Waals surface area contributed by atoms with Crippen molar-refractivity contribution in [3.63, 3.8) is 0 Å². The third-order valence-electron chi connectivity index (χ3n) is 4.10. The van der Waals surface area contributed by atoms with E-state index in [9.17, 15) is 0 Å². The van der Waals surface area contributed by atoms with E-state index in [0.717, 1.165) is 12.1 Å². The predicted molar refractivity (Wildman–Crippen MR) is 85.7 cm³/mol. The van der Waals surface area contributed by atoms with Gasteiger partial charge in [-0.2, -0.15) is 0 Å². The third-order valence-corrected chi connectivity index (χ3v) is 4.10. The molecular weight excluding hydrogens is 242 g/mol. The molecule has 1 nitrogen and oxygen atoms in total. The molecule has 1 atom stereocenters. The fraction of sp³-hybridized carbons (Fsp3) is 0.316. The molecule has 1 aliphatic carbocycles. The normalized spacial score (nSPS) is 20.1. The Kier molecular flexibility index (Phi) is 3.21. The SMILES string of the molecule is CC(C)(C)C1Cc2ccccc2C1=Nc1ccccc1. The largest absolute Gasteiger partial charge is 0.253 e. The van der Waals surface area contributed by atoms with Crippen LogP contribution in [0.5, 0.6) is 0 Å². The molecule has 0 saturated carbocycles. The maximum Gasteiger partial charge on any atom is 0.0633 e. The maximum absolute atomic E-state index is 4.96. The Bertz CT molecular complexity index is 632. The van der Waals surface area contributed by atoms with Crippen molar-refractivity contribution in [3.05, 3.63) is 65.7 Å². The molecule has 0 bridgehead atoms. The summed E-state index contributed by atoms with van der Waals surface area (Å²) in [5.74, 6) is 0.486. The first-order valence-corrected chi connectivity index (χ1v) is 7.27. The summed E-state index contributed by atoms with van der Waals surface area (Å²) >= 11 is 0. The molecule has 2 aromatic carbocycles. The Morgan fingerprint density at radius 1 is 0.900 bits per heavy atom. The molecule has 0 amide bonds. The Morgan fingerprint density at radius 2 is 1.55 bits per heavy atom. The van der Waals surface area contributed by atoms with Crippen molar-refractivity contribution in [1.29, 1.82) is 0 Å². The molecule has 0 aliphatic heterocycles. The standard InChI is InChI=1S/C19H21N/c1-19(2,3)17-13-14-9-7-8-12-16(14)18(17)20-15-10-5-4-6-11-15/h4-12,17H,13H2,1-3H3. The van der Waals surface area contributed by atoms with Gasteiger partial charge in [0.2, 0.25) is 0 Å². The number of aliphatic imine (C=N–C) groups is 1. The van der Waals surface area contributed by atoms with Crippen LogP contribution < -0.4 is 0 Å². The molecule has 1 aliphatic rings. The van der Waals surface area contributed by atoms with E-state index in [0.29, 0.717) is 5.92 Å². The Labute approximate surface area is 121 Å². The highest BCUT2D eigenvalue weighted by Gasteiger charge is 2.36. The van der Waals surface area contributed by atoms with Crippen molar-refractivity contribution >= 4 is 11.4 Å². The minimum Gasteiger partial charge on any atom is -0.253 e. The second-order valence-corrected chi connectivity index (χ2v) is 6.61. The molecule has 102 valence electrons. The maximum atomic E-state index is 4.96. The smallest absolute Gasteiger partial charge is 0.0633 e. The molecule has 0 heterocycles. The van der Waals surface area contributed by atoms with E-state index >= 15 is 0 Å². The number of hydrogen-bond donors (Lipinski definition) is 0. The molecule has 1 unspecified atom stereocenters. The lowest BCUT2D eigenvalue weighted by atomic mass is 9.78. The number of hydrogen-bond acceptors (Lipinski definition) is 1. The van der Waals surface area contributed by atoms with Crippen LogP contribution in [-0.4, -0.2) is 5.71 Å². The lowest BCUT2D eigenvalue weighted by Gasteiger charge is -2.27. The average molecular weight is 263 g/mol. The minimum absolute atomic E-state index is 0.229.